The van der Waals surface area contributed by atoms with E-state index in [-0.39, 0.29) is 5.82 Å². The fourth-order valence-corrected chi connectivity index (χ4v) is 2.89. The number of hydrogen-bond acceptors (Lipinski definition) is 2. The molecule has 0 spiro atoms. The molecule has 3 nitrogen and oxygen atoms in total. The quantitative estimate of drug-likeness (QED) is 0.761. The summed E-state index contributed by atoms with van der Waals surface area (Å²) in [4.78, 5) is 7.78. The first-order valence-corrected chi connectivity index (χ1v) is 6.82. The van der Waals surface area contributed by atoms with E-state index < -0.39 is 0 Å². The maximum Gasteiger partial charge on any atom is 0.132 e. The minimum atomic E-state index is -0.218. The first kappa shape index (κ1) is 13.6. The Labute approximate surface area is 122 Å². The second-order valence-electron chi connectivity index (χ2n) is 5.24. The van der Waals surface area contributed by atoms with Crippen LogP contribution in [-0.2, 0) is 0 Å². The van der Waals surface area contributed by atoms with Crippen LogP contribution in [0.25, 0.3) is 22.3 Å². The molecule has 0 saturated heterocycles. The molecule has 0 amide bonds. The number of aromatic nitrogens is 2. The molecule has 21 heavy (non-hydrogen) atoms. The molecule has 0 aliphatic rings. The molecule has 0 aliphatic heterocycles. The minimum Gasteiger partial charge on any atom is -0.496 e. The van der Waals surface area contributed by atoms with Crippen LogP contribution in [-0.4, -0.2) is 17.1 Å². The summed E-state index contributed by atoms with van der Waals surface area (Å²) in [5.74, 6) is 0.600. The predicted molar refractivity (Wildman–Crippen MR) is 82.3 cm³/mol. The van der Waals surface area contributed by atoms with Gasteiger partial charge in [-0.25, -0.2) is 4.39 Å². The van der Waals surface area contributed by atoms with E-state index in [0.717, 1.165) is 39.3 Å². The molecule has 0 atom stereocenters. The van der Waals surface area contributed by atoms with Gasteiger partial charge < -0.3 is 9.72 Å². The van der Waals surface area contributed by atoms with Crippen LogP contribution in [0.3, 0.4) is 0 Å². The lowest BCUT2D eigenvalue weighted by Crippen LogP contribution is -1.97. The van der Waals surface area contributed by atoms with Crippen molar-refractivity contribution in [2.45, 2.75) is 20.8 Å². The van der Waals surface area contributed by atoms with Gasteiger partial charge in [-0.3, -0.25) is 4.98 Å². The molecule has 0 fully saturated rings. The smallest absolute Gasteiger partial charge is 0.132 e. The molecule has 108 valence electrons. The van der Waals surface area contributed by atoms with Crippen LogP contribution in [0.4, 0.5) is 4.39 Å². The van der Waals surface area contributed by atoms with E-state index >= 15 is 0 Å². The number of ether oxygens (including phenoxy) is 1. The van der Waals surface area contributed by atoms with E-state index in [0.29, 0.717) is 5.39 Å². The number of hydrogen-bond donors (Lipinski definition) is 1. The first-order valence-electron chi connectivity index (χ1n) is 6.82. The largest absolute Gasteiger partial charge is 0.496 e. The van der Waals surface area contributed by atoms with E-state index in [1.54, 1.807) is 19.4 Å². The maximum absolute atomic E-state index is 14.0. The van der Waals surface area contributed by atoms with Crippen LogP contribution in [0.15, 0.2) is 24.4 Å². The van der Waals surface area contributed by atoms with Crippen LogP contribution in [0.2, 0.25) is 0 Å². The zero-order chi connectivity index (χ0) is 15.1. The van der Waals surface area contributed by atoms with Crippen LogP contribution in [0.5, 0.6) is 5.75 Å². The van der Waals surface area contributed by atoms with E-state index in [9.17, 15) is 4.39 Å². The number of aryl methyl sites for hydroxylation is 2. The Balaban J connectivity index is 2.31. The van der Waals surface area contributed by atoms with Crippen molar-refractivity contribution < 1.29 is 9.13 Å². The summed E-state index contributed by atoms with van der Waals surface area (Å²) in [5, 5.41) is 0.619. The molecule has 2 aromatic heterocycles. The monoisotopic (exact) mass is 284 g/mol. The van der Waals surface area contributed by atoms with Gasteiger partial charge in [0, 0.05) is 28.2 Å². The van der Waals surface area contributed by atoms with E-state index in [4.69, 9.17) is 4.74 Å². The molecule has 2 heterocycles. The number of halogens is 1. The summed E-state index contributed by atoms with van der Waals surface area (Å²) >= 11 is 0. The van der Waals surface area contributed by atoms with Gasteiger partial charge in [-0.1, -0.05) is 6.07 Å². The Morgan fingerprint density at radius 3 is 2.57 bits per heavy atom. The molecular formula is C17H17FN2O. The number of pyridine rings is 1. The van der Waals surface area contributed by atoms with Crippen molar-refractivity contribution in [2.75, 3.05) is 7.11 Å². The van der Waals surface area contributed by atoms with E-state index in [1.807, 2.05) is 26.8 Å². The standard InChI is InChI=1S/C17H17FN2O/c1-9-8-19-15(11(3)17(9)21-4)16-10(2)14-12(18)6-5-7-13(14)20-16/h5-8,20H,1-4H3. The second kappa shape index (κ2) is 4.88. The van der Waals surface area contributed by atoms with Crippen molar-refractivity contribution in [1.29, 1.82) is 0 Å². The number of H-pyrrole nitrogens is 1. The minimum absolute atomic E-state index is 0.218. The summed E-state index contributed by atoms with van der Waals surface area (Å²) in [6, 6.07) is 5.05. The van der Waals surface area contributed by atoms with Gasteiger partial charge in [0.25, 0.3) is 0 Å². The lowest BCUT2D eigenvalue weighted by atomic mass is 10.0. The molecule has 0 aliphatic carbocycles. The summed E-state index contributed by atoms with van der Waals surface area (Å²) in [6.45, 7) is 5.83. The van der Waals surface area contributed by atoms with Crippen LogP contribution >= 0.6 is 0 Å². The highest BCUT2D eigenvalue weighted by atomic mass is 19.1. The average Bonchev–Trinajstić information content (AvgIpc) is 2.78. The van der Waals surface area contributed by atoms with E-state index in [2.05, 4.69) is 9.97 Å². The second-order valence-corrected chi connectivity index (χ2v) is 5.24. The summed E-state index contributed by atoms with van der Waals surface area (Å²) in [5.41, 5.74) is 5.22. The van der Waals surface area contributed by atoms with Crippen molar-refractivity contribution >= 4 is 10.9 Å². The molecule has 3 aromatic rings. The van der Waals surface area contributed by atoms with Gasteiger partial charge in [0.05, 0.1) is 18.5 Å². The fraction of sp³-hybridized carbons (Fsp3) is 0.235. The highest BCUT2D eigenvalue weighted by Crippen LogP contribution is 2.35. The third-order valence-electron chi connectivity index (χ3n) is 3.91. The van der Waals surface area contributed by atoms with Crippen LogP contribution in [0, 0.1) is 26.6 Å². The number of rotatable bonds is 2. The third-order valence-corrected chi connectivity index (χ3v) is 3.91. The molecule has 1 N–H and O–H groups in total. The molecule has 0 unspecified atom stereocenters. The molecule has 0 radical (unpaired) electrons. The number of aromatic amines is 1. The summed E-state index contributed by atoms with van der Waals surface area (Å²) < 4.78 is 19.5. The van der Waals surface area contributed by atoms with Gasteiger partial charge in [-0.2, -0.15) is 0 Å². The van der Waals surface area contributed by atoms with Gasteiger partial charge >= 0.3 is 0 Å². The topological polar surface area (TPSA) is 37.9 Å². The lowest BCUT2D eigenvalue weighted by molar-refractivity contribution is 0.408. The highest BCUT2D eigenvalue weighted by Gasteiger charge is 2.17. The van der Waals surface area contributed by atoms with Crippen molar-refractivity contribution in [2.24, 2.45) is 0 Å². The zero-order valence-electron chi connectivity index (χ0n) is 12.5. The third kappa shape index (κ3) is 1.98. The molecule has 0 saturated carbocycles. The number of nitrogens with one attached hydrogen (secondary N) is 1. The van der Waals surface area contributed by atoms with Gasteiger partial charge in [-0.15, -0.1) is 0 Å². The lowest BCUT2D eigenvalue weighted by Gasteiger charge is -2.12. The normalized spacial score (nSPS) is 11.1. The molecule has 4 heteroatoms. The van der Waals surface area contributed by atoms with E-state index in [1.165, 1.54) is 6.07 Å². The molecule has 0 bridgehead atoms. The molecule has 3 rings (SSSR count). The summed E-state index contributed by atoms with van der Waals surface area (Å²) in [6.07, 6.45) is 1.78. The SMILES string of the molecule is COc1c(C)cnc(-c2[nH]c3cccc(F)c3c2C)c1C. The Kier molecular flexibility index (Phi) is 3.16. The van der Waals surface area contributed by atoms with Crippen LogP contribution < -0.4 is 4.74 Å². The van der Waals surface area contributed by atoms with Gasteiger partial charge in [0.15, 0.2) is 0 Å². The van der Waals surface area contributed by atoms with Crippen molar-refractivity contribution in [3.63, 3.8) is 0 Å². The van der Waals surface area contributed by atoms with Crippen molar-refractivity contribution in [3.05, 3.63) is 46.9 Å². The summed E-state index contributed by atoms with van der Waals surface area (Å²) in [7, 11) is 1.65. The highest BCUT2D eigenvalue weighted by molar-refractivity contribution is 5.91. The number of methoxy groups -OCH3 is 1. The Morgan fingerprint density at radius 2 is 1.90 bits per heavy atom. The van der Waals surface area contributed by atoms with Crippen LogP contribution in [0.1, 0.15) is 16.7 Å². The Hall–Kier alpha value is -2.36. The molecule has 1 aromatic carbocycles. The average molecular weight is 284 g/mol. The Morgan fingerprint density at radius 1 is 1.14 bits per heavy atom. The first-order chi connectivity index (χ1) is 10.0. The van der Waals surface area contributed by atoms with Gasteiger partial charge in [0.2, 0.25) is 0 Å². The van der Waals surface area contributed by atoms with Crippen molar-refractivity contribution in [3.8, 4) is 17.1 Å². The fourth-order valence-electron chi connectivity index (χ4n) is 2.89. The van der Waals surface area contributed by atoms with Gasteiger partial charge in [-0.05, 0) is 38.5 Å². The van der Waals surface area contributed by atoms with Gasteiger partial charge in [0.1, 0.15) is 11.6 Å². The zero-order valence-corrected chi connectivity index (χ0v) is 12.5. The predicted octanol–water partition coefficient (Wildman–Crippen LogP) is 4.30. The van der Waals surface area contributed by atoms with Crippen molar-refractivity contribution in [1.82, 2.24) is 9.97 Å². The number of nitrogens with zero attached hydrogens (tertiary/aromatic N) is 1. The number of fused-ring (bicyclic) bond motifs is 1. The Bertz CT molecular complexity index is 836. The number of benzene rings is 1. The maximum atomic E-state index is 14.0. The molecular weight excluding hydrogens is 267 g/mol.